The molecule has 0 saturated carbocycles. The quantitative estimate of drug-likeness (QED) is 0.871. The number of rotatable bonds is 6. The zero-order valence-corrected chi connectivity index (χ0v) is 12.5. The van der Waals surface area contributed by atoms with Crippen LogP contribution in [0.3, 0.4) is 0 Å². The van der Waals surface area contributed by atoms with Crippen molar-refractivity contribution in [2.45, 2.75) is 20.4 Å². The van der Waals surface area contributed by atoms with E-state index in [1.807, 2.05) is 26.0 Å². The molecule has 0 spiro atoms. The van der Waals surface area contributed by atoms with E-state index >= 15 is 0 Å². The van der Waals surface area contributed by atoms with Gasteiger partial charge in [-0.2, -0.15) is 5.26 Å². The van der Waals surface area contributed by atoms with Gasteiger partial charge in [0.25, 0.3) is 0 Å². The SMILES string of the molecule is COc1cc(CNCC(C)(C)C#N)cc(Cl)c1OC. The molecule has 1 aromatic carbocycles. The molecule has 0 unspecified atom stereocenters. The summed E-state index contributed by atoms with van der Waals surface area (Å²) in [6, 6.07) is 5.95. The first-order chi connectivity index (χ1) is 8.93. The summed E-state index contributed by atoms with van der Waals surface area (Å²) in [5.74, 6) is 1.14. The molecule has 1 aromatic rings. The molecular formula is C14H19ClN2O2. The number of halogens is 1. The van der Waals surface area contributed by atoms with Crippen LogP contribution in [0.4, 0.5) is 0 Å². The molecule has 0 radical (unpaired) electrons. The fraction of sp³-hybridized carbons (Fsp3) is 0.500. The van der Waals surface area contributed by atoms with Crippen molar-refractivity contribution < 1.29 is 9.47 Å². The van der Waals surface area contributed by atoms with E-state index in [9.17, 15) is 0 Å². The number of hydrogen-bond donors (Lipinski definition) is 1. The standard InChI is InChI=1S/C14H19ClN2O2/c1-14(2,8-16)9-17-7-10-5-11(15)13(19-4)12(6-10)18-3/h5-6,17H,7,9H2,1-4H3. The van der Waals surface area contributed by atoms with Gasteiger partial charge in [-0.25, -0.2) is 0 Å². The first-order valence-electron chi connectivity index (χ1n) is 5.96. The van der Waals surface area contributed by atoms with Crippen LogP contribution < -0.4 is 14.8 Å². The summed E-state index contributed by atoms with van der Waals surface area (Å²) in [7, 11) is 3.13. The number of ether oxygens (including phenoxy) is 2. The van der Waals surface area contributed by atoms with Crippen LogP contribution in [0.2, 0.25) is 5.02 Å². The Morgan fingerprint density at radius 3 is 2.53 bits per heavy atom. The van der Waals surface area contributed by atoms with Gasteiger partial charge in [0.2, 0.25) is 0 Å². The number of methoxy groups -OCH3 is 2. The van der Waals surface area contributed by atoms with Crippen LogP contribution in [0.15, 0.2) is 12.1 Å². The van der Waals surface area contributed by atoms with E-state index < -0.39 is 0 Å². The summed E-state index contributed by atoms with van der Waals surface area (Å²) in [6.45, 7) is 5.00. The highest BCUT2D eigenvalue weighted by molar-refractivity contribution is 6.32. The molecule has 19 heavy (non-hydrogen) atoms. The van der Waals surface area contributed by atoms with Gasteiger partial charge in [-0.15, -0.1) is 0 Å². The molecule has 0 fully saturated rings. The van der Waals surface area contributed by atoms with Crippen molar-refractivity contribution in [1.29, 1.82) is 5.26 Å². The van der Waals surface area contributed by atoms with Crippen molar-refractivity contribution in [2.24, 2.45) is 5.41 Å². The fourth-order valence-electron chi connectivity index (χ4n) is 1.63. The van der Waals surface area contributed by atoms with Crippen LogP contribution in [-0.2, 0) is 6.54 Å². The van der Waals surface area contributed by atoms with Gasteiger partial charge in [0.05, 0.1) is 30.7 Å². The van der Waals surface area contributed by atoms with Crippen molar-refractivity contribution in [3.8, 4) is 17.6 Å². The first kappa shape index (κ1) is 15.6. The third-order valence-electron chi connectivity index (χ3n) is 2.69. The molecule has 0 aromatic heterocycles. The second kappa shape index (κ2) is 6.65. The number of hydrogen-bond acceptors (Lipinski definition) is 4. The maximum atomic E-state index is 8.94. The molecule has 0 saturated heterocycles. The summed E-state index contributed by atoms with van der Waals surface area (Å²) in [5, 5.41) is 12.7. The van der Waals surface area contributed by atoms with E-state index in [0.29, 0.717) is 29.6 Å². The minimum absolute atomic E-state index is 0.389. The molecule has 1 rings (SSSR count). The molecule has 0 bridgehead atoms. The molecule has 4 nitrogen and oxygen atoms in total. The minimum Gasteiger partial charge on any atom is -0.493 e. The largest absolute Gasteiger partial charge is 0.493 e. The van der Waals surface area contributed by atoms with Gasteiger partial charge in [0.1, 0.15) is 0 Å². The minimum atomic E-state index is -0.389. The number of benzene rings is 1. The number of nitrogens with one attached hydrogen (secondary N) is 1. The van der Waals surface area contributed by atoms with E-state index in [1.165, 1.54) is 0 Å². The summed E-state index contributed by atoms with van der Waals surface area (Å²) in [5.41, 5.74) is 0.594. The maximum absolute atomic E-state index is 8.94. The van der Waals surface area contributed by atoms with Gasteiger partial charge >= 0.3 is 0 Å². The first-order valence-corrected chi connectivity index (χ1v) is 6.33. The Morgan fingerprint density at radius 2 is 2.00 bits per heavy atom. The van der Waals surface area contributed by atoms with Crippen molar-refractivity contribution in [3.63, 3.8) is 0 Å². The Hall–Kier alpha value is -1.44. The predicted octanol–water partition coefficient (Wildman–Crippen LogP) is 3.00. The molecule has 5 heteroatoms. The highest BCUT2D eigenvalue weighted by Gasteiger charge is 2.16. The van der Waals surface area contributed by atoms with Crippen LogP contribution in [-0.4, -0.2) is 20.8 Å². The monoisotopic (exact) mass is 282 g/mol. The summed E-state index contributed by atoms with van der Waals surface area (Å²) in [6.07, 6.45) is 0. The lowest BCUT2D eigenvalue weighted by Gasteiger charge is -2.17. The van der Waals surface area contributed by atoms with Gasteiger partial charge in [0, 0.05) is 13.1 Å². The molecular weight excluding hydrogens is 264 g/mol. The Kier molecular flexibility index (Phi) is 5.46. The van der Waals surface area contributed by atoms with E-state index in [0.717, 1.165) is 5.56 Å². The smallest absolute Gasteiger partial charge is 0.179 e. The topological polar surface area (TPSA) is 54.3 Å². The molecule has 0 aliphatic heterocycles. The third kappa shape index (κ3) is 4.30. The van der Waals surface area contributed by atoms with Crippen LogP contribution >= 0.6 is 11.6 Å². The Balaban J connectivity index is 2.76. The van der Waals surface area contributed by atoms with Crippen molar-refractivity contribution in [3.05, 3.63) is 22.7 Å². The lowest BCUT2D eigenvalue weighted by Crippen LogP contribution is -2.27. The van der Waals surface area contributed by atoms with E-state index in [1.54, 1.807) is 14.2 Å². The van der Waals surface area contributed by atoms with Crippen LogP contribution in [0.5, 0.6) is 11.5 Å². The molecule has 0 aliphatic rings. The second-order valence-electron chi connectivity index (χ2n) is 4.91. The van der Waals surface area contributed by atoms with Crippen LogP contribution in [0.1, 0.15) is 19.4 Å². The average molecular weight is 283 g/mol. The van der Waals surface area contributed by atoms with Gasteiger partial charge in [0.15, 0.2) is 11.5 Å². The molecule has 0 atom stereocenters. The van der Waals surface area contributed by atoms with Crippen molar-refractivity contribution in [2.75, 3.05) is 20.8 Å². The highest BCUT2D eigenvalue weighted by Crippen LogP contribution is 2.35. The maximum Gasteiger partial charge on any atom is 0.179 e. The lowest BCUT2D eigenvalue weighted by molar-refractivity contribution is 0.354. The van der Waals surface area contributed by atoms with Crippen molar-refractivity contribution >= 4 is 11.6 Å². The van der Waals surface area contributed by atoms with Crippen LogP contribution in [0, 0.1) is 16.7 Å². The molecule has 104 valence electrons. The van der Waals surface area contributed by atoms with Crippen molar-refractivity contribution in [1.82, 2.24) is 5.32 Å². The molecule has 0 aliphatic carbocycles. The number of nitriles is 1. The van der Waals surface area contributed by atoms with Crippen LogP contribution in [0.25, 0.3) is 0 Å². The lowest BCUT2D eigenvalue weighted by atomic mass is 9.96. The highest BCUT2D eigenvalue weighted by atomic mass is 35.5. The fourth-order valence-corrected chi connectivity index (χ4v) is 1.94. The Morgan fingerprint density at radius 1 is 1.32 bits per heavy atom. The van der Waals surface area contributed by atoms with E-state index in [2.05, 4.69) is 11.4 Å². The summed E-state index contributed by atoms with van der Waals surface area (Å²) >= 11 is 6.12. The Labute approximate surface area is 119 Å². The third-order valence-corrected chi connectivity index (χ3v) is 2.97. The zero-order chi connectivity index (χ0) is 14.5. The molecule has 0 heterocycles. The molecule has 0 amide bonds. The zero-order valence-electron chi connectivity index (χ0n) is 11.7. The van der Waals surface area contributed by atoms with Gasteiger partial charge in [-0.1, -0.05) is 11.6 Å². The van der Waals surface area contributed by atoms with E-state index in [4.69, 9.17) is 26.3 Å². The second-order valence-corrected chi connectivity index (χ2v) is 5.32. The van der Waals surface area contributed by atoms with Gasteiger partial charge in [-0.05, 0) is 31.5 Å². The summed E-state index contributed by atoms with van der Waals surface area (Å²) < 4.78 is 10.4. The molecule has 1 N–H and O–H groups in total. The summed E-state index contributed by atoms with van der Waals surface area (Å²) in [4.78, 5) is 0. The normalized spacial score (nSPS) is 10.9. The van der Waals surface area contributed by atoms with E-state index in [-0.39, 0.29) is 5.41 Å². The Bertz CT molecular complexity index is 481. The van der Waals surface area contributed by atoms with Gasteiger partial charge < -0.3 is 14.8 Å². The average Bonchev–Trinajstić information content (AvgIpc) is 2.37. The predicted molar refractivity (Wildman–Crippen MR) is 75.7 cm³/mol. The van der Waals surface area contributed by atoms with Gasteiger partial charge in [-0.3, -0.25) is 0 Å². The number of nitrogens with zero attached hydrogens (tertiary/aromatic N) is 1.